The second-order valence-electron chi connectivity index (χ2n) is 8.99. The smallest absolute Gasteiger partial charge is 0.227 e. The van der Waals surface area contributed by atoms with E-state index < -0.39 is 0 Å². The molecule has 0 N–H and O–H groups in total. The van der Waals surface area contributed by atoms with E-state index in [0.717, 1.165) is 51.2 Å². The molecule has 1 atom stereocenters. The summed E-state index contributed by atoms with van der Waals surface area (Å²) in [5, 5.41) is 0.738. The lowest BCUT2D eigenvalue weighted by atomic mass is 9.96. The summed E-state index contributed by atoms with van der Waals surface area (Å²) < 4.78 is 3.96. The number of aryl methyl sites for hydroxylation is 2. The molecule has 5 nitrogen and oxygen atoms in total. The van der Waals surface area contributed by atoms with E-state index in [-0.39, 0.29) is 11.9 Å². The van der Waals surface area contributed by atoms with E-state index in [2.05, 4.69) is 48.9 Å². The molecule has 3 aromatic rings. The van der Waals surface area contributed by atoms with E-state index in [0.29, 0.717) is 19.5 Å². The van der Waals surface area contributed by atoms with E-state index in [1.807, 2.05) is 53.3 Å². The summed E-state index contributed by atoms with van der Waals surface area (Å²) in [7, 11) is 1.98. The number of amides is 1. The van der Waals surface area contributed by atoms with Crippen LogP contribution in [0.3, 0.4) is 0 Å². The minimum Gasteiger partial charge on any atom is -0.340 e. The summed E-state index contributed by atoms with van der Waals surface area (Å²) in [6.45, 7) is 3.03. The topological polar surface area (TPSA) is 40.3 Å². The molecule has 5 rings (SSSR count). The highest BCUT2D eigenvalue weighted by atomic mass is 79.9. The van der Waals surface area contributed by atoms with Crippen molar-refractivity contribution in [3.63, 3.8) is 0 Å². The van der Waals surface area contributed by atoms with Gasteiger partial charge in [-0.2, -0.15) is 0 Å². The fourth-order valence-corrected chi connectivity index (χ4v) is 6.11. The molecule has 0 spiro atoms. The molecule has 1 aliphatic carbocycles. The van der Waals surface area contributed by atoms with Gasteiger partial charge >= 0.3 is 0 Å². The molecule has 176 valence electrons. The van der Waals surface area contributed by atoms with E-state index in [1.165, 1.54) is 16.7 Å². The number of pyridine rings is 2. The van der Waals surface area contributed by atoms with E-state index in [9.17, 15) is 4.79 Å². The predicted molar refractivity (Wildman–Crippen MR) is 140 cm³/mol. The second-order valence-corrected chi connectivity index (χ2v) is 11.1. The molecule has 1 aromatic carbocycles. The number of carbonyl (C=O) groups excluding carboxylic acids is 1. The molecule has 0 radical (unpaired) electrons. The van der Waals surface area contributed by atoms with Gasteiger partial charge in [0, 0.05) is 53.5 Å². The van der Waals surface area contributed by atoms with E-state index >= 15 is 0 Å². The Morgan fingerprint density at radius 3 is 2.59 bits per heavy atom. The molecule has 34 heavy (non-hydrogen) atoms. The monoisotopic (exact) mass is 603 g/mol. The van der Waals surface area contributed by atoms with Crippen LogP contribution in [0.2, 0.25) is 5.02 Å². The third kappa shape index (κ3) is 4.81. The SMILES string of the molecule is C[n+]1ccc(CC(=O)N2CCN([C@H]3c4ccc(Cl)c(Br)c4CCc4cc(Br)cnc43)CC2)cc1. The fourth-order valence-electron chi connectivity index (χ4n) is 5.00. The van der Waals surface area contributed by atoms with Gasteiger partial charge in [-0.15, -0.1) is 0 Å². The second kappa shape index (κ2) is 10.1. The molecule has 3 heterocycles. The number of fused-ring (bicyclic) bond motifs is 2. The van der Waals surface area contributed by atoms with Crippen LogP contribution in [0.4, 0.5) is 0 Å². The van der Waals surface area contributed by atoms with Crippen molar-refractivity contribution in [3.8, 4) is 0 Å². The molecular formula is C26H26Br2ClN4O+. The Hall–Kier alpha value is -1.80. The highest BCUT2D eigenvalue weighted by Gasteiger charge is 2.34. The zero-order valence-electron chi connectivity index (χ0n) is 19.0. The fraction of sp³-hybridized carbons (Fsp3) is 0.346. The van der Waals surface area contributed by atoms with Crippen molar-refractivity contribution in [2.24, 2.45) is 7.05 Å². The van der Waals surface area contributed by atoms with Crippen molar-refractivity contribution in [2.45, 2.75) is 25.3 Å². The normalized spacial score (nSPS) is 18.2. The summed E-state index contributed by atoms with van der Waals surface area (Å²) in [5.74, 6) is 0.187. The lowest BCUT2D eigenvalue weighted by Gasteiger charge is -2.40. The van der Waals surface area contributed by atoms with Crippen LogP contribution >= 0.6 is 43.5 Å². The Balaban J connectivity index is 1.39. The van der Waals surface area contributed by atoms with Crippen LogP contribution in [0.25, 0.3) is 0 Å². The maximum atomic E-state index is 13.0. The predicted octanol–water partition coefficient (Wildman–Crippen LogP) is 4.66. The van der Waals surface area contributed by atoms with Gasteiger partial charge in [-0.25, -0.2) is 4.57 Å². The summed E-state index contributed by atoms with van der Waals surface area (Å²) in [6.07, 6.45) is 8.12. The molecule has 1 fully saturated rings. The zero-order valence-corrected chi connectivity index (χ0v) is 22.9. The van der Waals surface area contributed by atoms with Crippen molar-refractivity contribution in [3.05, 3.63) is 90.8 Å². The Morgan fingerprint density at radius 2 is 1.85 bits per heavy atom. The number of hydrogen-bond donors (Lipinski definition) is 0. The molecular weight excluding hydrogens is 580 g/mol. The van der Waals surface area contributed by atoms with Gasteiger partial charge in [0.2, 0.25) is 5.91 Å². The number of piperazine rings is 1. The molecule has 0 saturated carbocycles. The molecule has 8 heteroatoms. The Bertz CT molecular complexity index is 1230. The minimum absolute atomic E-state index is 0.0422. The Morgan fingerprint density at radius 1 is 1.12 bits per heavy atom. The molecule has 1 aliphatic heterocycles. The number of aromatic nitrogens is 2. The summed E-state index contributed by atoms with van der Waals surface area (Å²) in [6, 6.07) is 10.4. The van der Waals surface area contributed by atoms with Gasteiger partial charge in [0.05, 0.1) is 23.2 Å². The van der Waals surface area contributed by atoms with Gasteiger partial charge < -0.3 is 4.90 Å². The number of halogens is 3. The first-order valence-corrected chi connectivity index (χ1v) is 13.4. The zero-order chi connectivity index (χ0) is 23.8. The quantitative estimate of drug-likeness (QED) is 0.408. The number of nitrogens with zero attached hydrogens (tertiary/aromatic N) is 4. The number of carbonyl (C=O) groups is 1. The van der Waals surface area contributed by atoms with Gasteiger partial charge in [0.15, 0.2) is 12.4 Å². The maximum absolute atomic E-state index is 13.0. The largest absolute Gasteiger partial charge is 0.340 e. The number of rotatable bonds is 3. The number of hydrogen-bond acceptors (Lipinski definition) is 3. The molecule has 0 unspecified atom stereocenters. The van der Waals surface area contributed by atoms with Crippen LogP contribution < -0.4 is 4.57 Å². The van der Waals surface area contributed by atoms with Crippen LogP contribution in [0.1, 0.15) is 34.0 Å². The molecule has 1 saturated heterocycles. The van der Waals surface area contributed by atoms with Gasteiger partial charge in [-0.3, -0.25) is 14.7 Å². The maximum Gasteiger partial charge on any atom is 0.227 e. The summed E-state index contributed by atoms with van der Waals surface area (Å²) in [5.41, 5.74) is 5.92. The van der Waals surface area contributed by atoms with Gasteiger partial charge in [0.25, 0.3) is 0 Å². The first-order valence-electron chi connectivity index (χ1n) is 11.5. The van der Waals surface area contributed by atoms with Crippen LogP contribution in [0.5, 0.6) is 0 Å². The van der Waals surface area contributed by atoms with Gasteiger partial charge in [-0.1, -0.05) is 17.7 Å². The van der Waals surface area contributed by atoms with Crippen LogP contribution in [0, 0.1) is 0 Å². The van der Waals surface area contributed by atoms with Crippen molar-refractivity contribution in [1.29, 1.82) is 0 Å². The van der Waals surface area contributed by atoms with Crippen molar-refractivity contribution in [1.82, 2.24) is 14.8 Å². The highest BCUT2D eigenvalue weighted by Crippen LogP contribution is 2.41. The van der Waals surface area contributed by atoms with Gasteiger partial charge in [-0.05, 0) is 79.1 Å². The minimum atomic E-state index is 0.0422. The lowest BCUT2D eigenvalue weighted by Crippen LogP contribution is -2.50. The molecule has 0 bridgehead atoms. The third-order valence-electron chi connectivity index (χ3n) is 6.83. The highest BCUT2D eigenvalue weighted by molar-refractivity contribution is 9.10. The third-order valence-corrected chi connectivity index (χ3v) is 8.72. The first-order chi connectivity index (χ1) is 16.4. The average molecular weight is 606 g/mol. The summed E-state index contributed by atoms with van der Waals surface area (Å²) >= 11 is 13.8. The van der Waals surface area contributed by atoms with E-state index in [4.69, 9.17) is 16.6 Å². The molecule has 2 aromatic heterocycles. The van der Waals surface area contributed by atoms with Gasteiger partial charge in [0.1, 0.15) is 7.05 Å². The molecule has 1 amide bonds. The standard InChI is InChI=1S/C26H26Br2ClN4O/c1-31-8-6-17(7-9-31)14-23(34)32-10-12-33(13-11-32)26-21-4-5-22(29)24(28)20(21)3-2-18-15-19(27)16-30-25(18)26/h4-9,15-16,26H,2-3,10-14H2,1H3/q+1/t26-/m0/s1. The summed E-state index contributed by atoms with van der Waals surface area (Å²) in [4.78, 5) is 22.3. The lowest BCUT2D eigenvalue weighted by molar-refractivity contribution is -0.671. The van der Waals surface area contributed by atoms with E-state index in [1.54, 1.807) is 0 Å². The average Bonchev–Trinajstić information content (AvgIpc) is 3.00. The Kier molecular flexibility index (Phi) is 7.07. The van der Waals surface area contributed by atoms with Crippen molar-refractivity contribution >= 4 is 49.4 Å². The first kappa shape index (κ1) is 23.9. The molecule has 2 aliphatic rings. The van der Waals surface area contributed by atoms with Crippen molar-refractivity contribution in [2.75, 3.05) is 26.2 Å². The van der Waals surface area contributed by atoms with Crippen LogP contribution in [0.15, 0.2) is 57.9 Å². The Labute approximate surface area is 222 Å². The number of benzene rings is 1. The van der Waals surface area contributed by atoms with Crippen molar-refractivity contribution < 1.29 is 9.36 Å². The van der Waals surface area contributed by atoms with Crippen LogP contribution in [-0.4, -0.2) is 46.9 Å². The van der Waals surface area contributed by atoms with Crippen LogP contribution in [-0.2, 0) is 31.1 Å².